The summed E-state index contributed by atoms with van der Waals surface area (Å²) in [6.07, 6.45) is 3.68. The summed E-state index contributed by atoms with van der Waals surface area (Å²) in [5, 5.41) is 8.89. The van der Waals surface area contributed by atoms with E-state index in [1.165, 1.54) is 6.07 Å². The van der Waals surface area contributed by atoms with Crippen LogP contribution >= 0.6 is 0 Å². The Balaban J connectivity index is 1.09. The fourth-order valence-corrected chi connectivity index (χ4v) is 6.41. The Labute approximate surface area is 254 Å². The third-order valence-electron chi connectivity index (χ3n) is 8.65. The largest absolute Gasteiger partial charge is 0.444 e. The van der Waals surface area contributed by atoms with Crippen molar-refractivity contribution in [2.24, 2.45) is 0 Å². The molecule has 44 heavy (non-hydrogen) atoms. The zero-order valence-electron chi connectivity index (χ0n) is 24.7. The van der Waals surface area contributed by atoms with Gasteiger partial charge in [-0.2, -0.15) is 0 Å². The van der Waals surface area contributed by atoms with Gasteiger partial charge in [0.1, 0.15) is 11.6 Å². The molecule has 2 aliphatic heterocycles. The number of hydrogen-bond acceptors (Lipinski definition) is 8. The van der Waals surface area contributed by atoms with E-state index in [0.29, 0.717) is 35.8 Å². The number of likely N-dealkylation sites (tertiary alicyclic amines) is 1. The Bertz CT molecular complexity index is 1810. The van der Waals surface area contributed by atoms with Crippen molar-refractivity contribution < 1.29 is 24.1 Å². The number of fused-ring (bicyclic) bond motifs is 2. The van der Waals surface area contributed by atoms with Crippen molar-refractivity contribution in [3.05, 3.63) is 113 Å². The highest BCUT2D eigenvalue weighted by molar-refractivity contribution is 5.80. The number of aromatic nitrogens is 3. The molecule has 0 saturated carbocycles. The van der Waals surface area contributed by atoms with Gasteiger partial charge in [0.05, 0.1) is 41.1 Å². The Morgan fingerprint density at radius 1 is 1.02 bits per heavy atom. The lowest BCUT2D eigenvalue weighted by molar-refractivity contribution is -0.215. The third kappa shape index (κ3) is 5.36. The predicted molar refractivity (Wildman–Crippen MR) is 164 cm³/mol. The summed E-state index contributed by atoms with van der Waals surface area (Å²) in [7, 11) is 0. The van der Waals surface area contributed by atoms with Gasteiger partial charge in [-0.1, -0.05) is 24.3 Å². The first-order chi connectivity index (χ1) is 21.4. The van der Waals surface area contributed by atoms with Gasteiger partial charge < -0.3 is 14.0 Å². The molecule has 2 N–H and O–H groups in total. The van der Waals surface area contributed by atoms with Gasteiger partial charge in [0, 0.05) is 18.7 Å². The van der Waals surface area contributed by atoms with Crippen molar-refractivity contribution in [2.45, 2.75) is 51.5 Å². The second-order valence-electron chi connectivity index (χ2n) is 11.7. The minimum absolute atomic E-state index is 0.287. The number of anilines is 1. The zero-order chi connectivity index (χ0) is 30.3. The number of halogens is 1. The van der Waals surface area contributed by atoms with E-state index in [1.54, 1.807) is 19.2 Å². The topological polar surface area (TPSA) is 93.9 Å². The van der Waals surface area contributed by atoms with Crippen LogP contribution in [0.15, 0.2) is 79.0 Å². The van der Waals surface area contributed by atoms with Crippen LogP contribution in [0.25, 0.3) is 11.0 Å². The molecule has 0 bridgehead atoms. The molecule has 2 aliphatic rings. The van der Waals surface area contributed by atoms with Crippen molar-refractivity contribution in [2.75, 3.05) is 18.6 Å². The van der Waals surface area contributed by atoms with Gasteiger partial charge >= 0.3 is 0 Å². The molecule has 0 spiro atoms. The molecular weight excluding hydrogens is 561 g/mol. The van der Waals surface area contributed by atoms with E-state index in [1.807, 2.05) is 61.5 Å². The third-order valence-corrected chi connectivity index (χ3v) is 8.65. The average molecular weight is 596 g/mol. The molecule has 1 atom stereocenters. The normalized spacial score (nSPS) is 18.6. The molecule has 1 fully saturated rings. The van der Waals surface area contributed by atoms with Gasteiger partial charge in [0.2, 0.25) is 0 Å². The smallest absolute Gasteiger partial charge is 0.278 e. The number of pyridine rings is 1. The molecule has 3 aromatic carbocycles. The number of nitrogens with zero attached hydrogens (tertiary/aromatic N) is 4. The molecule has 1 unspecified atom stereocenters. The first kappa shape index (κ1) is 28.3. The maximum Gasteiger partial charge on any atom is 0.278 e. The van der Waals surface area contributed by atoms with Gasteiger partial charge in [0.25, 0.3) is 5.79 Å². The summed E-state index contributed by atoms with van der Waals surface area (Å²) in [5.41, 5.74) is 8.17. The van der Waals surface area contributed by atoms with Crippen LogP contribution in [-0.2, 0) is 23.9 Å². The van der Waals surface area contributed by atoms with E-state index in [0.717, 1.165) is 59.6 Å². The van der Waals surface area contributed by atoms with Crippen LogP contribution < -0.4 is 15.0 Å². The molecule has 0 radical (unpaired) electrons. The van der Waals surface area contributed by atoms with Crippen LogP contribution in [0.3, 0.4) is 0 Å². The molecule has 0 amide bonds. The number of aryl methyl sites for hydroxylation is 1. The maximum absolute atomic E-state index is 14.9. The molecule has 9 nitrogen and oxygen atoms in total. The SMILES string of the molecule is Cc1ccc(C2(C)Oc3cccc(C4CCN(Cc5nc6ccc(NOO)cc6n5Cc5ccccn5)CC4)c3O2)c(F)c1. The quantitative estimate of drug-likeness (QED) is 0.150. The summed E-state index contributed by atoms with van der Waals surface area (Å²) >= 11 is 0. The van der Waals surface area contributed by atoms with E-state index in [4.69, 9.17) is 19.7 Å². The fourth-order valence-electron chi connectivity index (χ4n) is 6.41. The number of benzene rings is 3. The summed E-state index contributed by atoms with van der Waals surface area (Å²) in [6, 6.07) is 22.6. The number of para-hydroxylation sites is 1. The van der Waals surface area contributed by atoms with Crippen LogP contribution in [0.5, 0.6) is 11.5 Å². The van der Waals surface area contributed by atoms with E-state index in [-0.39, 0.29) is 11.7 Å². The van der Waals surface area contributed by atoms with E-state index < -0.39 is 5.79 Å². The number of piperidine rings is 1. The number of rotatable bonds is 8. The summed E-state index contributed by atoms with van der Waals surface area (Å²) in [4.78, 5) is 16.1. The van der Waals surface area contributed by atoms with Crippen LogP contribution in [0.4, 0.5) is 10.1 Å². The zero-order valence-corrected chi connectivity index (χ0v) is 24.7. The minimum Gasteiger partial charge on any atom is -0.444 e. The van der Waals surface area contributed by atoms with Crippen molar-refractivity contribution in [3.63, 3.8) is 0 Å². The summed E-state index contributed by atoms with van der Waals surface area (Å²) in [5.74, 6) is 1.03. The minimum atomic E-state index is -1.22. The molecular formula is C34H34FN5O4. The monoisotopic (exact) mass is 595 g/mol. The van der Waals surface area contributed by atoms with Gasteiger partial charge in [0.15, 0.2) is 11.5 Å². The van der Waals surface area contributed by atoms with Crippen molar-refractivity contribution in [3.8, 4) is 11.5 Å². The van der Waals surface area contributed by atoms with Crippen molar-refractivity contribution in [1.29, 1.82) is 0 Å². The van der Waals surface area contributed by atoms with Crippen molar-refractivity contribution in [1.82, 2.24) is 19.4 Å². The Morgan fingerprint density at radius 2 is 1.89 bits per heavy atom. The Hall–Kier alpha value is -4.51. The number of nitrogens with one attached hydrogen (secondary N) is 1. The van der Waals surface area contributed by atoms with Crippen molar-refractivity contribution >= 4 is 16.7 Å². The standard InChI is InChI=1S/C34H34FN5O4/c1-22-9-11-27(28(35)18-22)34(2)42-31-8-5-7-26(33(31)43-34)23-13-16-39(17-14-23)21-32-37-29-12-10-24(38-44-41)19-30(29)40(32)20-25-6-3-4-15-36-25/h3-12,15,18-19,23,38,41H,13-14,16-17,20-21H2,1-2H3. The van der Waals surface area contributed by atoms with Gasteiger partial charge in [-0.3, -0.25) is 9.88 Å². The van der Waals surface area contributed by atoms with E-state index >= 15 is 0 Å². The maximum atomic E-state index is 14.9. The highest BCUT2D eigenvalue weighted by atomic mass is 19.1. The molecule has 10 heteroatoms. The first-order valence-electron chi connectivity index (χ1n) is 14.9. The molecule has 226 valence electrons. The molecule has 4 heterocycles. The summed E-state index contributed by atoms with van der Waals surface area (Å²) < 4.78 is 29.7. The van der Waals surface area contributed by atoms with Gasteiger partial charge in [-0.25, -0.2) is 20.1 Å². The molecule has 5 aromatic rings. The Kier molecular flexibility index (Phi) is 7.41. The predicted octanol–water partition coefficient (Wildman–Crippen LogP) is 6.77. The highest BCUT2D eigenvalue weighted by Crippen LogP contribution is 2.49. The van der Waals surface area contributed by atoms with E-state index in [9.17, 15) is 4.39 Å². The van der Waals surface area contributed by atoms with Crippen LogP contribution in [0.2, 0.25) is 0 Å². The second kappa shape index (κ2) is 11.5. The van der Waals surface area contributed by atoms with Gasteiger partial charge in [-0.15, -0.1) is 4.99 Å². The number of ether oxygens (including phenoxy) is 2. The average Bonchev–Trinajstić information content (AvgIpc) is 3.54. The highest BCUT2D eigenvalue weighted by Gasteiger charge is 2.42. The molecule has 2 aromatic heterocycles. The lowest BCUT2D eigenvalue weighted by Gasteiger charge is -2.32. The lowest BCUT2D eigenvalue weighted by atomic mass is 9.88. The summed E-state index contributed by atoms with van der Waals surface area (Å²) in [6.45, 7) is 6.67. The first-order valence-corrected chi connectivity index (χ1v) is 14.9. The Morgan fingerprint density at radius 3 is 2.66 bits per heavy atom. The lowest BCUT2D eigenvalue weighted by Crippen LogP contribution is -2.34. The van der Waals surface area contributed by atoms with Crippen LogP contribution in [0.1, 0.15) is 53.9 Å². The molecule has 1 saturated heterocycles. The second-order valence-corrected chi connectivity index (χ2v) is 11.7. The molecule has 7 rings (SSSR count). The van der Waals surface area contributed by atoms with Crippen LogP contribution in [-0.4, -0.2) is 37.8 Å². The fraction of sp³-hybridized carbons (Fsp3) is 0.294. The van der Waals surface area contributed by atoms with Crippen LogP contribution in [0, 0.1) is 12.7 Å². The number of hydrogen-bond donors (Lipinski definition) is 2. The van der Waals surface area contributed by atoms with E-state index in [2.05, 4.69) is 31.0 Å². The number of imidazole rings is 1. The molecule has 0 aliphatic carbocycles. The van der Waals surface area contributed by atoms with Gasteiger partial charge in [-0.05, 0) is 92.9 Å².